The van der Waals surface area contributed by atoms with Gasteiger partial charge in [-0.3, -0.25) is 0 Å². The molecule has 0 radical (unpaired) electrons. The van der Waals surface area contributed by atoms with Gasteiger partial charge in [0.1, 0.15) is 9.84 Å². The molecule has 1 saturated carbocycles. The maximum atomic E-state index is 11.5. The molecule has 1 rings (SSSR count). The van der Waals surface area contributed by atoms with Crippen LogP contribution in [-0.2, 0) is 9.84 Å². The quantitative estimate of drug-likeness (QED) is 0.770. The van der Waals surface area contributed by atoms with Gasteiger partial charge in [0.2, 0.25) is 0 Å². The standard InChI is InChI=1S/C11H23NO3S/c1-11(2,8-13)12-9-5-4-6-10(7-9)16(3,14)15/h9-10,12-13H,4-8H2,1-3H3. The van der Waals surface area contributed by atoms with E-state index in [4.69, 9.17) is 5.11 Å². The summed E-state index contributed by atoms with van der Waals surface area (Å²) in [5, 5.41) is 12.3. The van der Waals surface area contributed by atoms with Gasteiger partial charge in [-0.05, 0) is 33.1 Å². The first-order valence-electron chi connectivity index (χ1n) is 5.82. The van der Waals surface area contributed by atoms with E-state index in [0.717, 1.165) is 19.3 Å². The van der Waals surface area contributed by atoms with Crippen LogP contribution in [0.25, 0.3) is 0 Å². The van der Waals surface area contributed by atoms with E-state index in [1.54, 1.807) is 0 Å². The fraction of sp³-hybridized carbons (Fsp3) is 1.00. The van der Waals surface area contributed by atoms with Gasteiger partial charge in [-0.15, -0.1) is 0 Å². The molecule has 0 aliphatic heterocycles. The van der Waals surface area contributed by atoms with Crippen LogP contribution in [0, 0.1) is 0 Å². The minimum Gasteiger partial charge on any atom is -0.394 e. The summed E-state index contributed by atoms with van der Waals surface area (Å²) in [6.07, 6.45) is 4.70. The zero-order valence-electron chi connectivity index (χ0n) is 10.4. The molecule has 2 N–H and O–H groups in total. The second-order valence-corrected chi connectivity index (χ2v) is 7.83. The topological polar surface area (TPSA) is 66.4 Å². The van der Waals surface area contributed by atoms with Crippen molar-refractivity contribution in [2.24, 2.45) is 0 Å². The van der Waals surface area contributed by atoms with Gasteiger partial charge in [-0.2, -0.15) is 0 Å². The maximum Gasteiger partial charge on any atom is 0.150 e. The van der Waals surface area contributed by atoms with Crippen LogP contribution in [0.1, 0.15) is 39.5 Å². The van der Waals surface area contributed by atoms with Crippen molar-refractivity contribution in [2.45, 2.75) is 56.4 Å². The molecule has 2 unspecified atom stereocenters. The van der Waals surface area contributed by atoms with Crippen LogP contribution in [0.3, 0.4) is 0 Å². The largest absolute Gasteiger partial charge is 0.394 e. The summed E-state index contributed by atoms with van der Waals surface area (Å²) in [5.74, 6) is 0. The molecule has 1 aliphatic carbocycles. The number of hydrogen-bond donors (Lipinski definition) is 2. The Morgan fingerprint density at radius 2 is 2.00 bits per heavy atom. The highest BCUT2D eigenvalue weighted by Crippen LogP contribution is 2.25. The molecule has 1 aliphatic rings. The molecule has 4 nitrogen and oxygen atoms in total. The van der Waals surface area contributed by atoms with Crippen LogP contribution in [0.5, 0.6) is 0 Å². The molecule has 5 heteroatoms. The fourth-order valence-electron chi connectivity index (χ4n) is 2.26. The average Bonchev–Trinajstić information content (AvgIpc) is 2.16. The van der Waals surface area contributed by atoms with E-state index in [1.165, 1.54) is 6.26 Å². The molecule has 0 aromatic carbocycles. The predicted octanol–water partition coefficient (Wildman–Crippen LogP) is 0.703. The van der Waals surface area contributed by atoms with Crippen molar-refractivity contribution < 1.29 is 13.5 Å². The smallest absolute Gasteiger partial charge is 0.150 e. The Bertz CT molecular complexity index is 324. The van der Waals surface area contributed by atoms with Crippen LogP contribution in [0.2, 0.25) is 0 Å². The Morgan fingerprint density at radius 1 is 1.38 bits per heavy atom. The third-order valence-corrected chi connectivity index (χ3v) is 4.86. The Balaban J connectivity index is 2.58. The van der Waals surface area contributed by atoms with E-state index in [2.05, 4.69) is 5.32 Å². The SMILES string of the molecule is CC(C)(CO)NC1CCCC(S(C)(=O)=O)C1. The molecule has 0 aromatic rings. The van der Waals surface area contributed by atoms with E-state index in [9.17, 15) is 8.42 Å². The van der Waals surface area contributed by atoms with Crippen LogP contribution in [0.4, 0.5) is 0 Å². The van der Waals surface area contributed by atoms with Crippen molar-refractivity contribution in [3.05, 3.63) is 0 Å². The number of sulfone groups is 1. The van der Waals surface area contributed by atoms with Gasteiger partial charge in [-0.1, -0.05) is 6.42 Å². The average molecular weight is 249 g/mol. The Kier molecular flexibility index (Phi) is 4.37. The Hall–Kier alpha value is -0.130. The first kappa shape index (κ1) is 13.9. The number of rotatable bonds is 4. The van der Waals surface area contributed by atoms with Gasteiger partial charge in [-0.25, -0.2) is 8.42 Å². The van der Waals surface area contributed by atoms with Crippen LogP contribution >= 0.6 is 0 Å². The van der Waals surface area contributed by atoms with Crippen LogP contribution in [-0.4, -0.2) is 43.2 Å². The first-order valence-corrected chi connectivity index (χ1v) is 7.77. The van der Waals surface area contributed by atoms with E-state index >= 15 is 0 Å². The predicted molar refractivity (Wildman–Crippen MR) is 65.2 cm³/mol. The molecule has 1 fully saturated rings. The molecule has 16 heavy (non-hydrogen) atoms. The molecule has 96 valence electrons. The Morgan fingerprint density at radius 3 is 2.50 bits per heavy atom. The highest BCUT2D eigenvalue weighted by Gasteiger charge is 2.31. The van der Waals surface area contributed by atoms with Gasteiger partial charge in [0, 0.05) is 17.8 Å². The van der Waals surface area contributed by atoms with Crippen molar-refractivity contribution >= 4 is 9.84 Å². The monoisotopic (exact) mass is 249 g/mol. The van der Waals surface area contributed by atoms with E-state index in [-0.39, 0.29) is 23.4 Å². The van der Waals surface area contributed by atoms with E-state index in [1.807, 2.05) is 13.8 Å². The zero-order chi connectivity index (χ0) is 12.4. The highest BCUT2D eigenvalue weighted by molar-refractivity contribution is 7.91. The lowest BCUT2D eigenvalue weighted by Crippen LogP contribution is -2.51. The molecular formula is C11H23NO3S. The molecule has 0 bridgehead atoms. The summed E-state index contributed by atoms with van der Waals surface area (Å²) in [6.45, 7) is 3.92. The van der Waals surface area contributed by atoms with Gasteiger partial charge in [0.15, 0.2) is 0 Å². The zero-order valence-corrected chi connectivity index (χ0v) is 11.2. The lowest BCUT2D eigenvalue weighted by molar-refractivity contribution is 0.165. The van der Waals surface area contributed by atoms with Gasteiger partial charge >= 0.3 is 0 Å². The molecule has 0 saturated heterocycles. The highest BCUT2D eigenvalue weighted by atomic mass is 32.2. The van der Waals surface area contributed by atoms with E-state index < -0.39 is 9.84 Å². The fourth-order valence-corrected chi connectivity index (χ4v) is 3.44. The molecule has 2 atom stereocenters. The van der Waals surface area contributed by atoms with Gasteiger partial charge < -0.3 is 10.4 Å². The number of aliphatic hydroxyl groups is 1. The van der Waals surface area contributed by atoms with Crippen molar-refractivity contribution in [3.8, 4) is 0 Å². The maximum absolute atomic E-state index is 11.5. The summed E-state index contributed by atoms with van der Waals surface area (Å²) in [7, 11) is -2.92. The lowest BCUT2D eigenvalue weighted by Gasteiger charge is -2.35. The molecule has 0 amide bonds. The van der Waals surface area contributed by atoms with Crippen LogP contribution < -0.4 is 5.32 Å². The van der Waals surface area contributed by atoms with Crippen molar-refractivity contribution in [1.29, 1.82) is 0 Å². The third kappa shape index (κ3) is 4.03. The molecular weight excluding hydrogens is 226 g/mol. The second kappa shape index (κ2) is 5.02. The first-order chi connectivity index (χ1) is 7.24. The number of nitrogens with one attached hydrogen (secondary N) is 1. The summed E-state index contributed by atoms with van der Waals surface area (Å²) >= 11 is 0. The summed E-state index contributed by atoms with van der Waals surface area (Å²) in [6, 6.07) is 0.204. The third-order valence-electron chi connectivity index (χ3n) is 3.22. The summed E-state index contributed by atoms with van der Waals surface area (Å²) < 4.78 is 23.0. The number of aliphatic hydroxyl groups excluding tert-OH is 1. The number of hydrogen-bond acceptors (Lipinski definition) is 4. The minimum absolute atomic E-state index is 0.0625. The second-order valence-electron chi connectivity index (χ2n) is 5.50. The Labute approximate surface area is 98.4 Å². The normalized spacial score (nSPS) is 28.0. The van der Waals surface area contributed by atoms with Gasteiger partial charge in [0.25, 0.3) is 0 Å². The van der Waals surface area contributed by atoms with Crippen molar-refractivity contribution in [1.82, 2.24) is 5.32 Å². The van der Waals surface area contributed by atoms with Gasteiger partial charge in [0.05, 0.1) is 11.9 Å². The summed E-state index contributed by atoms with van der Waals surface area (Å²) in [4.78, 5) is 0. The van der Waals surface area contributed by atoms with Crippen LogP contribution in [0.15, 0.2) is 0 Å². The molecule has 0 aromatic heterocycles. The summed E-state index contributed by atoms with van der Waals surface area (Å²) in [5.41, 5.74) is -0.329. The van der Waals surface area contributed by atoms with Crippen molar-refractivity contribution in [2.75, 3.05) is 12.9 Å². The molecule has 0 spiro atoms. The van der Waals surface area contributed by atoms with Crippen molar-refractivity contribution in [3.63, 3.8) is 0 Å². The van der Waals surface area contributed by atoms with E-state index in [0.29, 0.717) is 6.42 Å². The lowest BCUT2D eigenvalue weighted by atomic mass is 9.92. The minimum atomic E-state index is -2.92. The molecule has 0 heterocycles.